The van der Waals surface area contributed by atoms with Crippen molar-refractivity contribution < 1.29 is 18.3 Å². The van der Waals surface area contributed by atoms with Gasteiger partial charge in [-0.1, -0.05) is 20.8 Å². The molecule has 5 heteroatoms. The van der Waals surface area contributed by atoms with Crippen molar-refractivity contribution in [1.29, 1.82) is 0 Å². The highest BCUT2D eigenvalue weighted by Crippen LogP contribution is 2.42. The second-order valence-electron chi connectivity index (χ2n) is 6.54. The standard InChI is InChI=1S/C16H23F2NO2/c1-10-8-16(2,3)9-12(10)19-11-5-6-13(20-4)14(7-11)21-15(17)18/h5-7,10,12,15,19H,8-9H2,1-4H3. The van der Waals surface area contributed by atoms with Gasteiger partial charge in [0.2, 0.25) is 0 Å². The van der Waals surface area contributed by atoms with Crippen LogP contribution in [0.3, 0.4) is 0 Å². The third-order valence-corrected chi connectivity index (χ3v) is 4.07. The Kier molecular flexibility index (Phi) is 4.59. The van der Waals surface area contributed by atoms with E-state index >= 15 is 0 Å². The Hall–Kier alpha value is -1.52. The van der Waals surface area contributed by atoms with Gasteiger partial charge in [0.25, 0.3) is 0 Å². The van der Waals surface area contributed by atoms with E-state index in [-0.39, 0.29) is 5.75 Å². The molecule has 0 radical (unpaired) electrons. The van der Waals surface area contributed by atoms with E-state index in [4.69, 9.17) is 4.74 Å². The van der Waals surface area contributed by atoms with Crippen LogP contribution in [-0.4, -0.2) is 19.8 Å². The molecule has 1 aliphatic carbocycles. The Morgan fingerprint density at radius 1 is 1.24 bits per heavy atom. The molecular weight excluding hydrogens is 276 g/mol. The third kappa shape index (κ3) is 3.99. The monoisotopic (exact) mass is 299 g/mol. The first kappa shape index (κ1) is 15.9. The summed E-state index contributed by atoms with van der Waals surface area (Å²) >= 11 is 0. The predicted molar refractivity (Wildman–Crippen MR) is 79.2 cm³/mol. The molecule has 1 aromatic rings. The molecule has 2 rings (SSSR count). The number of hydrogen-bond acceptors (Lipinski definition) is 3. The van der Waals surface area contributed by atoms with Crippen LogP contribution in [0, 0.1) is 11.3 Å². The highest BCUT2D eigenvalue weighted by atomic mass is 19.3. The van der Waals surface area contributed by atoms with E-state index in [1.165, 1.54) is 7.11 Å². The Morgan fingerprint density at radius 3 is 2.48 bits per heavy atom. The zero-order valence-corrected chi connectivity index (χ0v) is 13.0. The summed E-state index contributed by atoms with van der Waals surface area (Å²) in [5.74, 6) is 0.907. The van der Waals surface area contributed by atoms with Gasteiger partial charge in [-0.3, -0.25) is 0 Å². The number of hydrogen-bond donors (Lipinski definition) is 1. The molecule has 3 nitrogen and oxygen atoms in total. The lowest BCUT2D eigenvalue weighted by Gasteiger charge is -2.21. The first-order chi connectivity index (χ1) is 9.80. The number of anilines is 1. The second kappa shape index (κ2) is 6.08. The van der Waals surface area contributed by atoms with E-state index in [2.05, 4.69) is 30.8 Å². The number of halogens is 2. The van der Waals surface area contributed by atoms with Crippen LogP contribution >= 0.6 is 0 Å². The van der Waals surface area contributed by atoms with E-state index < -0.39 is 6.61 Å². The van der Waals surface area contributed by atoms with Crippen LogP contribution in [0.2, 0.25) is 0 Å². The molecule has 2 unspecified atom stereocenters. The molecule has 0 aliphatic heterocycles. The SMILES string of the molecule is COc1ccc(NC2CC(C)(C)CC2C)cc1OC(F)F. The Balaban J connectivity index is 2.13. The summed E-state index contributed by atoms with van der Waals surface area (Å²) in [4.78, 5) is 0. The van der Waals surface area contributed by atoms with Gasteiger partial charge in [0.05, 0.1) is 7.11 Å². The number of nitrogens with one attached hydrogen (secondary N) is 1. The summed E-state index contributed by atoms with van der Waals surface area (Å²) in [6, 6.07) is 5.39. The van der Waals surface area contributed by atoms with Crippen LogP contribution < -0.4 is 14.8 Å². The van der Waals surface area contributed by atoms with Crippen molar-refractivity contribution in [2.75, 3.05) is 12.4 Å². The minimum Gasteiger partial charge on any atom is -0.493 e. The topological polar surface area (TPSA) is 30.5 Å². The van der Waals surface area contributed by atoms with Gasteiger partial charge in [-0.05, 0) is 36.3 Å². The van der Waals surface area contributed by atoms with Gasteiger partial charge in [0.15, 0.2) is 11.5 Å². The van der Waals surface area contributed by atoms with Gasteiger partial charge in [-0.25, -0.2) is 0 Å². The minimum atomic E-state index is -2.86. The predicted octanol–water partition coefficient (Wildman–Crippen LogP) is 4.53. The highest BCUT2D eigenvalue weighted by Gasteiger charge is 2.36. The van der Waals surface area contributed by atoms with Crippen molar-refractivity contribution in [1.82, 2.24) is 0 Å². The van der Waals surface area contributed by atoms with Crippen molar-refractivity contribution in [3.8, 4) is 11.5 Å². The van der Waals surface area contributed by atoms with E-state index in [0.717, 1.165) is 18.5 Å². The lowest BCUT2D eigenvalue weighted by molar-refractivity contribution is -0.0511. The van der Waals surface area contributed by atoms with E-state index in [1.54, 1.807) is 12.1 Å². The first-order valence-electron chi connectivity index (χ1n) is 7.20. The zero-order chi connectivity index (χ0) is 15.6. The van der Waals surface area contributed by atoms with Crippen LogP contribution in [0.1, 0.15) is 33.6 Å². The third-order valence-electron chi connectivity index (χ3n) is 4.07. The fraction of sp³-hybridized carbons (Fsp3) is 0.625. The number of methoxy groups -OCH3 is 1. The minimum absolute atomic E-state index is 0.0578. The van der Waals surface area contributed by atoms with Crippen molar-refractivity contribution in [2.24, 2.45) is 11.3 Å². The van der Waals surface area contributed by atoms with Gasteiger partial charge in [-0.2, -0.15) is 8.78 Å². The summed E-state index contributed by atoms with van der Waals surface area (Å²) < 4.78 is 34.4. The average molecular weight is 299 g/mol. The summed E-state index contributed by atoms with van der Waals surface area (Å²) in [7, 11) is 1.43. The molecule has 2 atom stereocenters. The summed E-state index contributed by atoms with van der Waals surface area (Å²) in [6.07, 6.45) is 2.21. The van der Waals surface area contributed by atoms with Gasteiger partial charge in [0.1, 0.15) is 0 Å². The smallest absolute Gasteiger partial charge is 0.387 e. The fourth-order valence-corrected chi connectivity index (χ4v) is 3.26. The molecule has 1 fully saturated rings. The molecule has 21 heavy (non-hydrogen) atoms. The van der Waals surface area contributed by atoms with E-state index in [9.17, 15) is 8.78 Å². The molecule has 118 valence electrons. The Morgan fingerprint density at radius 2 is 1.95 bits per heavy atom. The summed E-state index contributed by atoms with van der Waals surface area (Å²) in [5.41, 5.74) is 1.09. The van der Waals surface area contributed by atoms with E-state index in [0.29, 0.717) is 23.1 Å². The molecule has 0 aromatic heterocycles. The highest BCUT2D eigenvalue weighted by molar-refractivity contribution is 5.55. The van der Waals surface area contributed by atoms with Gasteiger partial charge in [-0.15, -0.1) is 0 Å². The van der Waals surface area contributed by atoms with Crippen molar-refractivity contribution in [3.63, 3.8) is 0 Å². The number of rotatable bonds is 5. The molecule has 0 heterocycles. The Labute approximate surface area is 124 Å². The number of alkyl halides is 2. The molecule has 1 aromatic carbocycles. The lowest BCUT2D eigenvalue weighted by atomic mass is 9.91. The van der Waals surface area contributed by atoms with E-state index in [1.807, 2.05) is 6.07 Å². The van der Waals surface area contributed by atoms with Crippen molar-refractivity contribution >= 4 is 5.69 Å². The van der Waals surface area contributed by atoms with Crippen molar-refractivity contribution in [3.05, 3.63) is 18.2 Å². The number of ether oxygens (including phenoxy) is 2. The molecule has 0 amide bonds. The molecule has 1 aliphatic rings. The Bertz CT molecular complexity index is 491. The average Bonchev–Trinajstić information content (AvgIpc) is 2.62. The largest absolute Gasteiger partial charge is 0.493 e. The quantitative estimate of drug-likeness (QED) is 0.866. The van der Waals surface area contributed by atoms with Crippen molar-refractivity contribution in [2.45, 2.75) is 46.3 Å². The van der Waals surface area contributed by atoms with Crippen LogP contribution in [0.5, 0.6) is 11.5 Å². The summed E-state index contributed by atoms with van der Waals surface area (Å²) in [6.45, 7) is 3.86. The van der Waals surface area contributed by atoms with Gasteiger partial charge < -0.3 is 14.8 Å². The summed E-state index contributed by atoms with van der Waals surface area (Å²) in [5, 5.41) is 3.43. The lowest BCUT2D eigenvalue weighted by Crippen LogP contribution is -2.22. The molecule has 1 saturated carbocycles. The maximum Gasteiger partial charge on any atom is 0.387 e. The first-order valence-corrected chi connectivity index (χ1v) is 7.20. The van der Waals surface area contributed by atoms with Crippen LogP contribution in [0.15, 0.2) is 18.2 Å². The molecule has 0 spiro atoms. The molecule has 0 saturated heterocycles. The molecular formula is C16H23F2NO2. The fourth-order valence-electron chi connectivity index (χ4n) is 3.26. The van der Waals surface area contributed by atoms with Crippen LogP contribution in [-0.2, 0) is 0 Å². The second-order valence-corrected chi connectivity index (χ2v) is 6.54. The van der Waals surface area contributed by atoms with Gasteiger partial charge >= 0.3 is 6.61 Å². The zero-order valence-electron chi connectivity index (χ0n) is 13.0. The molecule has 0 bridgehead atoms. The van der Waals surface area contributed by atoms with Crippen LogP contribution in [0.4, 0.5) is 14.5 Å². The van der Waals surface area contributed by atoms with Crippen LogP contribution in [0.25, 0.3) is 0 Å². The van der Waals surface area contributed by atoms with Gasteiger partial charge in [0, 0.05) is 17.8 Å². The number of benzene rings is 1. The maximum absolute atomic E-state index is 12.4. The normalized spacial score (nSPS) is 24.1. The molecule has 1 N–H and O–H groups in total. The maximum atomic E-state index is 12.4.